The average molecular weight is 495 g/mol. The SMILES string of the molecule is CCOC(=O)CC(=O)N1CCC(C2CCN(C(=O)N3CCC(C#N)(c4ccccc4)CC3)CC2)CC1. The molecule has 0 spiro atoms. The number of esters is 1. The van der Waals surface area contributed by atoms with E-state index in [9.17, 15) is 19.6 Å². The van der Waals surface area contributed by atoms with Gasteiger partial charge in [0.25, 0.3) is 0 Å². The fourth-order valence-electron chi connectivity index (χ4n) is 6.13. The zero-order chi connectivity index (χ0) is 25.5. The predicted molar refractivity (Wildman–Crippen MR) is 135 cm³/mol. The summed E-state index contributed by atoms with van der Waals surface area (Å²) >= 11 is 0. The molecule has 3 fully saturated rings. The third kappa shape index (κ3) is 5.83. The molecule has 0 saturated carbocycles. The lowest BCUT2D eigenvalue weighted by atomic mass is 9.74. The molecule has 3 saturated heterocycles. The van der Waals surface area contributed by atoms with Crippen LogP contribution in [0.1, 0.15) is 57.4 Å². The molecular formula is C28H38N4O4. The minimum atomic E-state index is -0.502. The van der Waals surface area contributed by atoms with Crippen LogP contribution in [0, 0.1) is 23.2 Å². The van der Waals surface area contributed by atoms with Crippen molar-refractivity contribution in [1.82, 2.24) is 14.7 Å². The van der Waals surface area contributed by atoms with E-state index >= 15 is 0 Å². The molecule has 36 heavy (non-hydrogen) atoms. The molecule has 1 aromatic carbocycles. The predicted octanol–water partition coefficient (Wildman–Crippen LogP) is 3.57. The Balaban J connectivity index is 1.21. The van der Waals surface area contributed by atoms with Crippen molar-refractivity contribution in [2.45, 2.75) is 57.3 Å². The van der Waals surface area contributed by atoms with Crippen LogP contribution in [0.2, 0.25) is 0 Å². The minimum absolute atomic E-state index is 0.104. The number of carbonyl (C=O) groups excluding carboxylic acids is 3. The Labute approximate surface area is 214 Å². The molecule has 3 aliphatic heterocycles. The summed E-state index contributed by atoms with van der Waals surface area (Å²) in [5.74, 6) is 0.545. The molecule has 8 nitrogen and oxygen atoms in total. The van der Waals surface area contributed by atoms with E-state index in [1.807, 2.05) is 40.1 Å². The number of rotatable bonds is 5. The molecule has 1 aromatic rings. The van der Waals surface area contributed by atoms with Crippen LogP contribution >= 0.6 is 0 Å². The Hall–Kier alpha value is -3.08. The number of likely N-dealkylation sites (tertiary alicyclic amines) is 3. The first-order valence-electron chi connectivity index (χ1n) is 13.4. The van der Waals surface area contributed by atoms with E-state index in [-0.39, 0.29) is 18.4 Å². The van der Waals surface area contributed by atoms with Crippen LogP contribution in [0.15, 0.2) is 30.3 Å². The molecule has 0 N–H and O–H groups in total. The Kier molecular flexibility index (Phi) is 8.50. The molecular weight excluding hydrogens is 456 g/mol. The van der Waals surface area contributed by atoms with Crippen LogP contribution < -0.4 is 0 Å². The molecule has 3 amide bonds. The smallest absolute Gasteiger partial charge is 0.319 e. The lowest BCUT2D eigenvalue weighted by Gasteiger charge is -2.43. The topological polar surface area (TPSA) is 94.0 Å². The number of urea groups is 1. The zero-order valence-corrected chi connectivity index (χ0v) is 21.4. The third-order valence-electron chi connectivity index (χ3n) is 8.40. The quantitative estimate of drug-likeness (QED) is 0.461. The van der Waals surface area contributed by atoms with Crippen LogP contribution in [-0.4, -0.2) is 78.5 Å². The number of hydrogen-bond acceptors (Lipinski definition) is 5. The van der Waals surface area contributed by atoms with Gasteiger partial charge in [0.15, 0.2) is 0 Å². The third-order valence-corrected chi connectivity index (χ3v) is 8.40. The van der Waals surface area contributed by atoms with Gasteiger partial charge in [0.05, 0.1) is 18.1 Å². The Bertz CT molecular complexity index is 952. The number of ether oxygens (including phenoxy) is 1. The summed E-state index contributed by atoms with van der Waals surface area (Å²) in [6.07, 6.45) is 5.06. The van der Waals surface area contributed by atoms with E-state index < -0.39 is 11.4 Å². The fraction of sp³-hybridized carbons (Fsp3) is 0.643. The molecule has 8 heteroatoms. The number of benzene rings is 1. The van der Waals surface area contributed by atoms with Crippen molar-refractivity contribution in [2.75, 3.05) is 45.9 Å². The summed E-state index contributed by atoms with van der Waals surface area (Å²) in [6, 6.07) is 12.6. The van der Waals surface area contributed by atoms with Gasteiger partial charge in [-0.05, 0) is 62.8 Å². The molecule has 0 bridgehead atoms. The number of carbonyl (C=O) groups is 3. The van der Waals surface area contributed by atoms with Gasteiger partial charge in [-0.15, -0.1) is 0 Å². The van der Waals surface area contributed by atoms with E-state index in [2.05, 4.69) is 6.07 Å². The van der Waals surface area contributed by atoms with Crippen molar-refractivity contribution < 1.29 is 19.1 Å². The number of piperidine rings is 3. The van der Waals surface area contributed by atoms with Crippen LogP contribution in [-0.2, 0) is 19.7 Å². The minimum Gasteiger partial charge on any atom is -0.466 e. The Morgan fingerprint density at radius 2 is 1.42 bits per heavy atom. The van der Waals surface area contributed by atoms with E-state index in [1.165, 1.54) is 0 Å². The Morgan fingerprint density at radius 1 is 0.889 bits per heavy atom. The van der Waals surface area contributed by atoms with Gasteiger partial charge in [0.1, 0.15) is 6.42 Å². The number of hydrogen-bond donors (Lipinski definition) is 0. The second-order valence-electron chi connectivity index (χ2n) is 10.4. The molecule has 3 heterocycles. The van der Waals surface area contributed by atoms with Crippen molar-refractivity contribution in [3.05, 3.63) is 35.9 Å². The molecule has 0 atom stereocenters. The molecule has 194 valence electrons. The van der Waals surface area contributed by atoms with Gasteiger partial charge < -0.3 is 19.4 Å². The highest BCUT2D eigenvalue weighted by Crippen LogP contribution is 2.36. The van der Waals surface area contributed by atoms with Crippen molar-refractivity contribution in [3.8, 4) is 6.07 Å². The standard InChI is InChI=1S/C28H38N4O4/c1-2-36-26(34)20-25(33)30-14-8-22(9-15-30)23-10-16-31(17-11-23)27(35)32-18-12-28(21-29,13-19-32)24-6-4-3-5-7-24/h3-7,22-23H,2,8-20H2,1H3. The summed E-state index contributed by atoms with van der Waals surface area (Å²) in [7, 11) is 0. The van der Waals surface area contributed by atoms with Gasteiger partial charge in [-0.3, -0.25) is 9.59 Å². The molecule has 4 rings (SSSR count). The first-order valence-corrected chi connectivity index (χ1v) is 13.4. The van der Waals surface area contributed by atoms with E-state index in [1.54, 1.807) is 11.8 Å². The number of nitriles is 1. The highest BCUT2D eigenvalue weighted by molar-refractivity contribution is 5.94. The largest absolute Gasteiger partial charge is 0.466 e. The second-order valence-corrected chi connectivity index (χ2v) is 10.4. The maximum atomic E-state index is 13.2. The molecule has 0 aliphatic carbocycles. The van der Waals surface area contributed by atoms with Crippen LogP contribution in [0.25, 0.3) is 0 Å². The summed E-state index contributed by atoms with van der Waals surface area (Å²) in [6.45, 7) is 6.18. The van der Waals surface area contributed by atoms with Crippen molar-refractivity contribution in [2.24, 2.45) is 11.8 Å². The van der Waals surface area contributed by atoms with Crippen molar-refractivity contribution >= 4 is 17.9 Å². The van der Waals surface area contributed by atoms with Gasteiger partial charge >= 0.3 is 12.0 Å². The average Bonchev–Trinajstić information content (AvgIpc) is 2.93. The Morgan fingerprint density at radius 3 is 1.94 bits per heavy atom. The van der Waals surface area contributed by atoms with Crippen LogP contribution in [0.3, 0.4) is 0 Å². The number of amides is 3. The lowest BCUT2D eigenvalue weighted by molar-refractivity contribution is -0.149. The maximum Gasteiger partial charge on any atom is 0.319 e. The summed E-state index contributed by atoms with van der Waals surface area (Å²) in [5, 5.41) is 9.92. The van der Waals surface area contributed by atoms with E-state index in [0.717, 1.165) is 44.3 Å². The number of nitrogens with zero attached hydrogens (tertiary/aromatic N) is 4. The summed E-state index contributed by atoms with van der Waals surface area (Å²) in [5.41, 5.74) is 0.548. The molecule has 3 aliphatic rings. The van der Waals surface area contributed by atoms with Gasteiger partial charge in [-0.2, -0.15) is 5.26 Å². The highest BCUT2D eigenvalue weighted by Gasteiger charge is 2.39. The first-order chi connectivity index (χ1) is 17.5. The normalized spacial score (nSPS) is 21.1. The fourth-order valence-corrected chi connectivity index (χ4v) is 6.13. The van der Waals surface area contributed by atoms with E-state index in [0.29, 0.717) is 57.5 Å². The van der Waals surface area contributed by atoms with Gasteiger partial charge in [0.2, 0.25) is 5.91 Å². The molecule has 0 radical (unpaired) electrons. The second kappa shape index (κ2) is 11.8. The van der Waals surface area contributed by atoms with Crippen LogP contribution in [0.4, 0.5) is 4.79 Å². The summed E-state index contributed by atoms with van der Waals surface area (Å²) in [4.78, 5) is 42.8. The van der Waals surface area contributed by atoms with Gasteiger partial charge in [0, 0.05) is 39.3 Å². The maximum absolute atomic E-state index is 13.2. The lowest BCUT2D eigenvalue weighted by Crippen LogP contribution is -2.52. The van der Waals surface area contributed by atoms with Crippen LogP contribution in [0.5, 0.6) is 0 Å². The van der Waals surface area contributed by atoms with Gasteiger partial charge in [-0.25, -0.2) is 4.79 Å². The van der Waals surface area contributed by atoms with Crippen molar-refractivity contribution in [3.63, 3.8) is 0 Å². The van der Waals surface area contributed by atoms with Crippen molar-refractivity contribution in [1.29, 1.82) is 5.26 Å². The zero-order valence-electron chi connectivity index (χ0n) is 21.4. The van der Waals surface area contributed by atoms with Gasteiger partial charge in [-0.1, -0.05) is 30.3 Å². The highest BCUT2D eigenvalue weighted by atomic mass is 16.5. The monoisotopic (exact) mass is 494 g/mol. The summed E-state index contributed by atoms with van der Waals surface area (Å²) < 4.78 is 4.89. The first kappa shape index (κ1) is 26.0. The van der Waals surface area contributed by atoms with E-state index in [4.69, 9.17) is 4.74 Å². The molecule has 0 aromatic heterocycles. The molecule has 0 unspecified atom stereocenters.